The first-order chi connectivity index (χ1) is 13.4. The second-order valence-electron chi connectivity index (χ2n) is 6.25. The molecule has 0 aliphatic carbocycles. The molecule has 9 nitrogen and oxygen atoms in total. The summed E-state index contributed by atoms with van der Waals surface area (Å²) in [6.07, 6.45) is 2.25. The van der Waals surface area contributed by atoms with Gasteiger partial charge in [-0.3, -0.25) is 14.4 Å². The predicted octanol–water partition coefficient (Wildman–Crippen LogP) is 1.26. The van der Waals surface area contributed by atoms with Gasteiger partial charge in [0, 0.05) is 43.5 Å². The Labute approximate surface area is 170 Å². The molecule has 3 rings (SSSR count). The second-order valence-corrected chi connectivity index (χ2v) is 7.77. The summed E-state index contributed by atoms with van der Waals surface area (Å²) >= 11 is 7.17. The molecule has 1 aliphatic rings. The van der Waals surface area contributed by atoms with Gasteiger partial charge in [0.1, 0.15) is 5.82 Å². The maximum atomic E-state index is 12.0. The number of thiazole rings is 1. The molecule has 0 saturated heterocycles. The van der Waals surface area contributed by atoms with Crippen LogP contribution in [0.2, 0.25) is 5.02 Å². The van der Waals surface area contributed by atoms with Crippen LogP contribution < -0.4 is 16.0 Å². The van der Waals surface area contributed by atoms with E-state index >= 15 is 0 Å². The smallest absolute Gasteiger partial charge is 0.314 e. The van der Waals surface area contributed by atoms with Gasteiger partial charge < -0.3 is 20.9 Å². The molecule has 0 bridgehead atoms. The van der Waals surface area contributed by atoms with Crippen LogP contribution in [0.3, 0.4) is 0 Å². The number of hydrogen-bond acceptors (Lipinski definition) is 7. The van der Waals surface area contributed by atoms with Gasteiger partial charge in [-0.25, -0.2) is 9.97 Å². The Bertz CT molecular complexity index is 886. The summed E-state index contributed by atoms with van der Waals surface area (Å²) in [6, 6.07) is 3.02. The third-order valence-electron chi connectivity index (χ3n) is 3.98. The minimum atomic E-state index is -0.869. The predicted molar refractivity (Wildman–Crippen MR) is 106 cm³/mol. The van der Waals surface area contributed by atoms with E-state index in [0.717, 1.165) is 30.1 Å². The zero-order chi connectivity index (χ0) is 20.1. The van der Waals surface area contributed by atoms with Crippen molar-refractivity contribution in [1.82, 2.24) is 20.2 Å². The third kappa shape index (κ3) is 5.47. The topological polar surface area (TPSA) is 116 Å². The average Bonchev–Trinajstić information content (AvgIpc) is 3.04. The lowest BCUT2D eigenvalue weighted by Gasteiger charge is -2.20. The van der Waals surface area contributed by atoms with E-state index < -0.39 is 11.8 Å². The van der Waals surface area contributed by atoms with Crippen LogP contribution in [-0.4, -0.2) is 52.7 Å². The van der Waals surface area contributed by atoms with Gasteiger partial charge in [0.2, 0.25) is 5.91 Å². The lowest BCUT2D eigenvalue weighted by Crippen LogP contribution is -2.37. The van der Waals surface area contributed by atoms with Gasteiger partial charge in [-0.1, -0.05) is 11.6 Å². The van der Waals surface area contributed by atoms with E-state index in [2.05, 4.69) is 30.8 Å². The maximum absolute atomic E-state index is 12.0. The van der Waals surface area contributed by atoms with Gasteiger partial charge in [0.25, 0.3) is 0 Å². The van der Waals surface area contributed by atoms with E-state index in [1.54, 1.807) is 6.07 Å². The van der Waals surface area contributed by atoms with Crippen molar-refractivity contribution in [2.45, 2.75) is 19.4 Å². The normalized spacial score (nSPS) is 13.5. The molecule has 2 aromatic rings. The van der Waals surface area contributed by atoms with Crippen molar-refractivity contribution in [3.05, 3.63) is 33.9 Å². The molecule has 0 spiro atoms. The van der Waals surface area contributed by atoms with Gasteiger partial charge >= 0.3 is 11.8 Å². The van der Waals surface area contributed by atoms with Crippen molar-refractivity contribution >= 4 is 51.6 Å². The number of rotatable bonds is 5. The first kappa shape index (κ1) is 20.2. The number of aromatic nitrogens is 2. The molecule has 28 heavy (non-hydrogen) atoms. The van der Waals surface area contributed by atoms with Crippen molar-refractivity contribution in [2.75, 3.05) is 30.8 Å². The Hall–Kier alpha value is -2.56. The SMILES string of the molecule is CN1CCc2nc(NC(=O)CCNC(=O)C(=O)Nc3ccc(Cl)cn3)sc2C1. The van der Waals surface area contributed by atoms with E-state index in [1.807, 2.05) is 7.05 Å². The molecule has 11 heteroatoms. The van der Waals surface area contributed by atoms with Gasteiger partial charge in [-0.05, 0) is 19.2 Å². The Morgan fingerprint density at radius 2 is 2.07 bits per heavy atom. The highest BCUT2D eigenvalue weighted by molar-refractivity contribution is 7.15. The molecule has 3 amide bonds. The minimum absolute atomic E-state index is 0.0277. The maximum Gasteiger partial charge on any atom is 0.314 e. The molecule has 1 aliphatic heterocycles. The number of carbonyl (C=O) groups is 3. The number of nitrogens with one attached hydrogen (secondary N) is 3. The minimum Gasteiger partial charge on any atom is -0.347 e. The van der Waals surface area contributed by atoms with Crippen molar-refractivity contribution in [3.8, 4) is 0 Å². The average molecular weight is 423 g/mol. The molecule has 0 radical (unpaired) electrons. The van der Waals surface area contributed by atoms with Crippen LogP contribution in [0, 0.1) is 0 Å². The highest BCUT2D eigenvalue weighted by Crippen LogP contribution is 2.27. The Morgan fingerprint density at radius 3 is 2.82 bits per heavy atom. The number of carbonyl (C=O) groups excluding carboxylic acids is 3. The summed E-state index contributed by atoms with van der Waals surface area (Å²) in [4.78, 5) is 47.3. The van der Waals surface area contributed by atoms with E-state index in [0.29, 0.717) is 10.2 Å². The molecule has 0 aromatic carbocycles. The molecular formula is C17H19ClN6O3S. The number of amides is 3. The van der Waals surface area contributed by atoms with E-state index in [-0.39, 0.29) is 24.7 Å². The molecule has 0 unspecified atom stereocenters. The van der Waals surface area contributed by atoms with E-state index in [1.165, 1.54) is 23.6 Å². The molecular weight excluding hydrogens is 404 g/mol. The van der Waals surface area contributed by atoms with Gasteiger partial charge in [-0.15, -0.1) is 11.3 Å². The van der Waals surface area contributed by atoms with Crippen LogP contribution in [0.5, 0.6) is 0 Å². The van der Waals surface area contributed by atoms with E-state index in [9.17, 15) is 14.4 Å². The standard InChI is InChI=1S/C17H19ClN6O3S/c1-24-7-5-11-12(9-24)28-17(21-11)23-14(25)4-6-19-15(26)16(27)22-13-3-2-10(18)8-20-13/h2-3,8H,4-7,9H2,1H3,(H,19,26)(H,20,22,27)(H,21,23,25). The Balaban J connectivity index is 1.40. The number of fused-ring (bicyclic) bond motifs is 1. The van der Waals surface area contributed by atoms with Gasteiger partial charge in [0.05, 0.1) is 10.7 Å². The molecule has 3 heterocycles. The summed E-state index contributed by atoms with van der Waals surface area (Å²) in [5.74, 6) is -1.79. The molecule has 3 N–H and O–H groups in total. The van der Waals surface area contributed by atoms with Crippen LogP contribution in [0.15, 0.2) is 18.3 Å². The molecule has 148 valence electrons. The van der Waals surface area contributed by atoms with Crippen LogP contribution in [-0.2, 0) is 27.3 Å². The fourth-order valence-corrected chi connectivity index (χ4v) is 3.77. The first-order valence-corrected chi connectivity index (χ1v) is 9.78. The zero-order valence-electron chi connectivity index (χ0n) is 15.1. The number of halogens is 1. The summed E-state index contributed by atoms with van der Waals surface area (Å²) in [5, 5.41) is 8.46. The number of hydrogen-bond donors (Lipinski definition) is 3. The summed E-state index contributed by atoms with van der Waals surface area (Å²) in [6.45, 7) is 1.81. The number of likely N-dealkylation sites (N-methyl/N-ethyl adjacent to an activating group) is 1. The lowest BCUT2D eigenvalue weighted by molar-refractivity contribution is -0.136. The van der Waals surface area contributed by atoms with E-state index in [4.69, 9.17) is 11.6 Å². The third-order valence-corrected chi connectivity index (χ3v) is 5.20. The van der Waals surface area contributed by atoms with Crippen LogP contribution in [0.25, 0.3) is 0 Å². The highest BCUT2D eigenvalue weighted by atomic mass is 35.5. The zero-order valence-corrected chi connectivity index (χ0v) is 16.7. The number of anilines is 2. The van der Waals surface area contributed by atoms with Crippen molar-refractivity contribution in [2.24, 2.45) is 0 Å². The molecule has 0 saturated carbocycles. The quantitative estimate of drug-likeness (QED) is 0.625. The summed E-state index contributed by atoms with van der Waals surface area (Å²) < 4.78 is 0. The van der Waals surface area contributed by atoms with Crippen LogP contribution in [0.4, 0.5) is 10.9 Å². The second kappa shape index (κ2) is 9.09. The molecule has 0 fully saturated rings. The number of pyridine rings is 1. The van der Waals surface area contributed by atoms with Crippen molar-refractivity contribution < 1.29 is 14.4 Å². The highest BCUT2D eigenvalue weighted by Gasteiger charge is 2.19. The fraction of sp³-hybridized carbons (Fsp3) is 0.353. The summed E-state index contributed by atoms with van der Waals surface area (Å²) in [5.41, 5.74) is 1.03. The fourth-order valence-electron chi connectivity index (χ4n) is 2.55. The molecule has 2 aromatic heterocycles. The van der Waals surface area contributed by atoms with Gasteiger partial charge in [0.15, 0.2) is 5.13 Å². The van der Waals surface area contributed by atoms with Crippen molar-refractivity contribution in [1.29, 1.82) is 0 Å². The van der Waals surface area contributed by atoms with Crippen LogP contribution >= 0.6 is 22.9 Å². The largest absolute Gasteiger partial charge is 0.347 e. The monoisotopic (exact) mass is 422 g/mol. The van der Waals surface area contributed by atoms with Crippen LogP contribution in [0.1, 0.15) is 17.0 Å². The first-order valence-electron chi connectivity index (χ1n) is 8.58. The van der Waals surface area contributed by atoms with Gasteiger partial charge in [-0.2, -0.15) is 0 Å². The number of nitrogens with zero attached hydrogens (tertiary/aromatic N) is 3. The summed E-state index contributed by atoms with van der Waals surface area (Å²) in [7, 11) is 2.04. The Kier molecular flexibility index (Phi) is 6.55. The van der Waals surface area contributed by atoms with Crippen molar-refractivity contribution in [3.63, 3.8) is 0 Å². The lowest BCUT2D eigenvalue weighted by atomic mass is 10.2. The molecule has 0 atom stereocenters. The Morgan fingerprint density at radius 1 is 1.25 bits per heavy atom.